The maximum atomic E-state index is 12.7. The molecule has 3 rings (SSSR count). The van der Waals surface area contributed by atoms with Crippen LogP contribution >= 0.6 is 0 Å². The highest BCUT2D eigenvalue weighted by Crippen LogP contribution is 2.31. The van der Waals surface area contributed by atoms with E-state index in [1.807, 2.05) is 18.2 Å². The zero-order chi connectivity index (χ0) is 19.2. The number of hydrogen-bond acceptors (Lipinski definition) is 4. The molecule has 1 saturated carbocycles. The monoisotopic (exact) mass is 374 g/mol. The van der Waals surface area contributed by atoms with E-state index in [4.69, 9.17) is 15.2 Å². The number of amides is 1. The second-order valence-corrected chi connectivity index (χ2v) is 8.36. The summed E-state index contributed by atoms with van der Waals surface area (Å²) in [6.45, 7) is 5.79. The molecule has 2 N–H and O–H groups in total. The number of carbonyl (C=O) groups is 1. The van der Waals surface area contributed by atoms with Crippen molar-refractivity contribution in [1.29, 1.82) is 0 Å². The largest absolute Gasteiger partial charge is 0.415 e. The summed E-state index contributed by atoms with van der Waals surface area (Å²) in [6.07, 6.45) is 6.48. The molecule has 1 aromatic carbocycles. The van der Waals surface area contributed by atoms with Gasteiger partial charge in [0.15, 0.2) is 0 Å². The van der Waals surface area contributed by atoms with Gasteiger partial charge in [-0.1, -0.05) is 32.0 Å². The van der Waals surface area contributed by atoms with Crippen LogP contribution in [0.15, 0.2) is 30.3 Å². The fraction of sp³-hybridized carbons (Fsp3) is 0.682. The van der Waals surface area contributed by atoms with Gasteiger partial charge >= 0.3 is 6.09 Å². The lowest BCUT2D eigenvalue weighted by molar-refractivity contribution is -0.0264. The fourth-order valence-electron chi connectivity index (χ4n) is 4.33. The van der Waals surface area contributed by atoms with Crippen LogP contribution in [0.3, 0.4) is 0 Å². The Morgan fingerprint density at radius 3 is 2.52 bits per heavy atom. The van der Waals surface area contributed by atoms with Gasteiger partial charge in [-0.05, 0) is 62.5 Å². The van der Waals surface area contributed by atoms with Gasteiger partial charge in [-0.3, -0.25) is 0 Å². The van der Waals surface area contributed by atoms with Gasteiger partial charge in [0.05, 0.1) is 18.8 Å². The van der Waals surface area contributed by atoms with E-state index in [2.05, 4.69) is 13.8 Å². The van der Waals surface area contributed by atoms with E-state index < -0.39 is 0 Å². The van der Waals surface area contributed by atoms with Crippen LogP contribution in [0.2, 0.25) is 0 Å². The molecular weight excluding hydrogens is 340 g/mol. The van der Waals surface area contributed by atoms with E-state index in [1.165, 1.54) is 12.8 Å². The van der Waals surface area contributed by atoms with Crippen molar-refractivity contribution in [3.8, 4) is 5.75 Å². The molecule has 5 heteroatoms. The normalized spacial score (nSPS) is 29.0. The maximum Gasteiger partial charge on any atom is 0.415 e. The number of nitrogens with two attached hydrogens (primary N) is 1. The van der Waals surface area contributed by atoms with Crippen LogP contribution in [0.5, 0.6) is 5.75 Å². The third kappa shape index (κ3) is 5.45. The van der Waals surface area contributed by atoms with E-state index in [0.29, 0.717) is 25.0 Å². The summed E-state index contributed by atoms with van der Waals surface area (Å²) >= 11 is 0. The molecule has 1 saturated heterocycles. The van der Waals surface area contributed by atoms with E-state index in [-0.39, 0.29) is 18.2 Å². The summed E-state index contributed by atoms with van der Waals surface area (Å²) in [4.78, 5) is 14.4. The number of piperidine rings is 1. The third-order valence-corrected chi connectivity index (χ3v) is 6.18. The third-order valence-electron chi connectivity index (χ3n) is 6.18. The van der Waals surface area contributed by atoms with Crippen LogP contribution in [0.25, 0.3) is 0 Å². The molecule has 0 radical (unpaired) electrons. The van der Waals surface area contributed by atoms with Crippen LogP contribution in [0.1, 0.15) is 52.4 Å². The fourth-order valence-corrected chi connectivity index (χ4v) is 4.33. The Hall–Kier alpha value is -1.59. The van der Waals surface area contributed by atoms with Gasteiger partial charge in [0.25, 0.3) is 0 Å². The molecule has 1 amide bonds. The summed E-state index contributed by atoms with van der Waals surface area (Å²) in [7, 11) is 0. The maximum absolute atomic E-state index is 12.7. The molecule has 1 aliphatic carbocycles. The lowest BCUT2D eigenvalue weighted by Crippen LogP contribution is -2.57. The molecule has 1 heterocycles. The Balaban J connectivity index is 1.54. The minimum atomic E-state index is -0.325. The van der Waals surface area contributed by atoms with E-state index in [1.54, 1.807) is 17.0 Å². The van der Waals surface area contributed by atoms with Crippen molar-refractivity contribution >= 4 is 6.09 Å². The molecule has 0 bridgehead atoms. The number of likely N-dealkylation sites (tertiary alicyclic amines) is 1. The zero-order valence-corrected chi connectivity index (χ0v) is 16.7. The predicted molar refractivity (Wildman–Crippen MR) is 107 cm³/mol. The van der Waals surface area contributed by atoms with Gasteiger partial charge in [-0.15, -0.1) is 0 Å². The van der Waals surface area contributed by atoms with Crippen molar-refractivity contribution in [2.45, 2.75) is 70.6 Å². The number of nitrogens with zero attached hydrogens (tertiary/aromatic N) is 1. The van der Waals surface area contributed by atoms with E-state index >= 15 is 0 Å². The van der Waals surface area contributed by atoms with Crippen LogP contribution in [-0.2, 0) is 4.74 Å². The molecule has 0 unspecified atom stereocenters. The van der Waals surface area contributed by atoms with Crippen molar-refractivity contribution in [3.05, 3.63) is 30.3 Å². The Morgan fingerprint density at radius 2 is 1.85 bits per heavy atom. The Labute approximate surface area is 163 Å². The topological polar surface area (TPSA) is 64.8 Å². The quantitative estimate of drug-likeness (QED) is 0.838. The van der Waals surface area contributed by atoms with Crippen molar-refractivity contribution < 1.29 is 14.3 Å². The minimum Gasteiger partial charge on any atom is -0.410 e. The summed E-state index contributed by atoms with van der Waals surface area (Å²) in [6, 6.07) is 9.03. The SMILES string of the molecule is CC(C)[C@H]1CC[C@@H](OC[C@H]2[C@@H](N)CCCN2C(=O)Oc2ccccc2)CC1. The van der Waals surface area contributed by atoms with Gasteiger partial charge in [0, 0.05) is 12.6 Å². The minimum absolute atomic E-state index is 0.0610. The average Bonchev–Trinajstić information content (AvgIpc) is 2.68. The van der Waals surface area contributed by atoms with Crippen molar-refractivity contribution in [1.82, 2.24) is 4.90 Å². The average molecular weight is 375 g/mol. The van der Waals surface area contributed by atoms with Gasteiger partial charge in [-0.2, -0.15) is 0 Å². The standard InChI is InChI=1S/C22H34N2O3/c1-16(2)17-10-12-18(13-11-17)26-15-21-20(23)9-6-14-24(21)22(25)27-19-7-4-3-5-8-19/h3-5,7-8,16-18,20-21H,6,9-15,23H2,1-2H3/t17-,18+,20-,21-/m0/s1. The molecule has 150 valence electrons. The molecule has 2 aliphatic rings. The lowest BCUT2D eigenvalue weighted by atomic mass is 9.80. The highest BCUT2D eigenvalue weighted by Gasteiger charge is 2.35. The van der Waals surface area contributed by atoms with E-state index in [0.717, 1.165) is 37.5 Å². The van der Waals surface area contributed by atoms with E-state index in [9.17, 15) is 4.79 Å². The van der Waals surface area contributed by atoms with Crippen molar-refractivity contribution in [2.75, 3.05) is 13.2 Å². The summed E-state index contributed by atoms with van der Waals surface area (Å²) < 4.78 is 11.8. The molecule has 5 nitrogen and oxygen atoms in total. The number of ether oxygens (including phenoxy) is 2. The summed E-state index contributed by atoms with van der Waals surface area (Å²) in [5.41, 5.74) is 6.35. The Kier molecular flexibility index (Phi) is 7.13. The van der Waals surface area contributed by atoms with Gasteiger partial charge < -0.3 is 20.1 Å². The molecule has 2 fully saturated rings. The van der Waals surface area contributed by atoms with Crippen LogP contribution in [0, 0.1) is 11.8 Å². The predicted octanol–water partition coefficient (Wildman–Crippen LogP) is 4.21. The zero-order valence-electron chi connectivity index (χ0n) is 16.7. The molecule has 2 atom stereocenters. The molecule has 0 spiro atoms. The second-order valence-electron chi connectivity index (χ2n) is 8.36. The number of para-hydroxylation sites is 1. The second kappa shape index (κ2) is 9.56. The number of benzene rings is 1. The lowest BCUT2D eigenvalue weighted by Gasteiger charge is -2.40. The first-order valence-electron chi connectivity index (χ1n) is 10.4. The first-order valence-corrected chi connectivity index (χ1v) is 10.4. The van der Waals surface area contributed by atoms with Crippen LogP contribution in [0.4, 0.5) is 4.79 Å². The van der Waals surface area contributed by atoms with Gasteiger partial charge in [-0.25, -0.2) is 4.79 Å². The molecule has 27 heavy (non-hydrogen) atoms. The first-order chi connectivity index (χ1) is 13.0. The van der Waals surface area contributed by atoms with Crippen LogP contribution < -0.4 is 10.5 Å². The van der Waals surface area contributed by atoms with Gasteiger partial charge in [0.2, 0.25) is 0 Å². The van der Waals surface area contributed by atoms with Crippen molar-refractivity contribution in [2.24, 2.45) is 17.6 Å². The highest BCUT2D eigenvalue weighted by molar-refractivity contribution is 5.71. The van der Waals surface area contributed by atoms with Crippen LogP contribution in [-0.4, -0.2) is 42.3 Å². The molecular formula is C22H34N2O3. The summed E-state index contributed by atoms with van der Waals surface area (Å²) in [5.74, 6) is 2.13. The Bertz CT molecular complexity index is 584. The Morgan fingerprint density at radius 1 is 1.15 bits per heavy atom. The number of rotatable bonds is 5. The number of hydrogen-bond donors (Lipinski definition) is 1. The first kappa shape index (κ1) is 20.2. The molecule has 1 aromatic rings. The molecule has 0 aromatic heterocycles. The smallest absolute Gasteiger partial charge is 0.410 e. The highest BCUT2D eigenvalue weighted by atomic mass is 16.6. The van der Waals surface area contributed by atoms with Gasteiger partial charge in [0.1, 0.15) is 5.75 Å². The summed E-state index contributed by atoms with van der Waals surface area (Å²) in [5, 5.41) is 0. The van der Waals surface area contributed by atoms with Crippen molar-refractivity contribution in [3.63, 3.8) is 0 Å². The molecule has 1 aliphatic heterocycles. The number of carbonyl (C=O) groups excluding carboxylic acids is 1.